The first-order valence-electron chi connectivity index (χ1n) is 7.61. The number of hydrogen-bond donors (Lipinski definition) is 2. The maximum Gasteiger partial charge on any atom is 0.335 e. The topological polar surface area (TPSA) is 49.3 Å². The van der Waals surface area contributed by atoms with Crippen molar-refractivity contribution in [1.82, 2.24) is 5.32 Å². The number of benzene rings is 2. The van der Waals surface area contributed by atoms with Crippen LogP contribution in [0.15, 0.2) is 42.5 Å². The number of hydrogen-bond acceptors (Lipinski definition) is 2. The molecular formula is C19H23NO2. The molecule has 0 amide bonds. The van der Waals surface area contributed by atoms with Crippen LogP contribution < -0.4 is 5.32 Å². The van der Waals surface area contributed by atoms with Crippen molar-refractivity contribution in [3.8, 4) is 11.1 Å². The highest BCUT2D eigenvalue weighted by Gasteiger charge is 2.07. The molecule has 0 aromatic heterocycles. The second-order valence-corrected chi connectivity index (χ2v) is 5.75. The van der Waals surface area contributed by atoms with Crippen LogP contribution in [0.5, 0.6) is 0 Å². The molecule has 22 heavy (non-hydrogen) atoms. The maximum atomic E-state index is 10.9. The van der Waals surface area contributed by atoms with E-state index in [0.717, 1.165) is 24.0 Å². The van der Waals surface area contributed by atoms with Gasteiger partial charge >= 0.3 is 5.97 Å². The Balaban J connectivity index is 2.22. The third-order valence-electron chi connectivity index (χ3n) is 4.15. The standard InChI is InChI=1S/C19H23NO2/c1-13-4-6-18(12-17(13)7-5-14(2)20-3)15-8-10-16(11-9-15)19(21)22/h4,6,8-12,14,20H,5,7H2,1-3H3,(H,21,22)/t14-/m0/s1. The lowest BCUT2D eigenvalue weighted by atomic mass is 9.95. The van der Waals surface area contributed by atoms with Crippen LogP contribution in [0.4, 0.5) is 0 Å². The summed E-state index contributed by atoms with van der Waals surface area (Å²) in [6, 6.07) is 14.0. The highest BCUT2D eigenvalue weighted by Crippen LogP contribution is 2.24. The Morgan fingerprint density at radius 1 is 1.14 bits per heavy atom. The molecule has 3 heteroatoms. The Morgan fingerprint density at radius 2 is 1.77 bits per heavy atom. The Kier molecular flexibility index (Phi) is 5.34. The van der Waals surface area contributed by atoms with E-state index in [0.29, 0.717) is 11.6 Å². The SMILES string of the molecule is CN[C@@H](C)CCc1cc(-c2ccc(C(=O)O)cc2)ccc1C. The van der Waals surface area contributed by atoms with Gasteiger partial charge < -0.3 is 10.4 Å². The minimum atomic E-state index is -0.891. The van der Waals surface area contributed by atoms with Crippen molar-refractivity contribution < 1.29 is 9.90 Å². The summed E-state index contributed by atoms with van der Waals surface area (Å²) in [5.41, 5.74) is 5.15. The van der Waals surface area contributed by atoms with Crippen molar-refractivity contribution in [2.45, 2.75) is 32.7 Å². The molecule has 0 fully saturated rings. The summed E-state index contributed by atoms with van der Waals surface area (Å²) in [5, 5.41) is 12.2. The molecule has 0 saturated heterocycles. The largest absolute Gasteiger partial charge is 0.478 e. The van der Waals surface area contributed by atoms with Crippen LogP contribution in [-0.4, -0.2) is 24.2 Å². The monoisotopic (exact) mass is 297 g/mol. The molecule has 0 saturated carbocycles. The zero-order valence-electron chi connectivity index (χ0n) is 13.4. The van der Waals surface area contributed by atoms with Crippen LogP contribution in [0.2, 0.25) is 0 Å². The first kappa shape index (κ1) is 16.2. The molecule has 0 aliphatic heterocycles. The van der Waals surface area contributed by atoms with Crippen LogP contribution in [0.3, 0.4) is 0 Å². The number of nitrogens with one attached hydrogen (secondary N) is 1. The highest BCUT2D eigenvalue weighted by atomic mass is 16.4. The van der Waals surface area contributed by atoms with E-state index in [1.807, 2.05) is 19.2 Å². The van der Waals surface area contributed by atoms with Crippen molar-refractivity contribution in [3.63, 3.8) is 0 Å². The van der Waals surface area contributed by atoms with Gasteiger partial charge in [0.15, 0.2) is 0 Å². The van der Waals surface area contributed by atoms with Gasteiger partial charge in [0.25, 0.3) is 0 Å². The van der Waals surface area contributed by atoms with Crippen LogP contribution in [0.25, 0.3) is 11.1 Å². The minimum Gasteiger partial charge on any atom is -0.478 e. The van der Waals surface area contributed by atoms with Gasteiger partial charge in [-0.25, -0.2) is 4.79 Å². The van der Waals surface area contributed by atoms with E-state index < -0.39 is 5.97 Å². The fraction of sp³-hybridized carbons (Fsp3) is 0.316. The Bertz CT molecular complexity index is 647. The zero-order valence-corrected chi connectivity index (χ0v) is 13.4. The van der Waals surface area contributed by atoms with Gasteiger partial charge in [-0.15, -0.1) is 0 Å². The van der Waals surface area contributed by atoms with Crippen molar-refractivity contribution >= 4 is 5.97 Å². The summed E-state index contributed by atoms with van der Waals surface area (Å²) in [6.07, 6.45) is 2.13. The van der Waals surface area contributed by atoms with E-state index in [-0.39, 0.29) is 0 Å². The van der Waals surface area contributed by atoms with Crippen molar-refractivity contribution in [3.05, 3.63) is 59.2 Å². The number of carboxylic acid groups (broad SMARTS) is 1. The first-order valence-corrected chi connectivity index (χ1v) is 7.61. The maximum absolute atomic E-state index is 10.9. The lowest BCUT2D eigenvalue weighted by Crippen LogP contribution is -2.21. The summed E-state index contributed by atoms with van der Waals surface area (Å²) < 4.78 is 0. The van der Waals surface area contributed by atoms with Gasteiger partial charge in [-0.05, 0) is 68.1 Å². The third kappa shape index (κ3) is 3.95. The number of rotatable bonds is 6. The number of aryl methyl sites for hydroxylation is 2. The number of carbonyl (C=O) groups is 1. The second-order valence-electron chi connectivity index (χ2n) is 5.75. The lowest BCUT2D eigenvalue weighted by molar-refractivity contribution is 0.0697. The van der Waals surface area contributed by atoms with E-state index in [4.69, 9.17) is 5.11 Å². The molecule has 116 valence electrons. The molecule has 0 heterocycles. The molecule has 0 aliphatic carbocycles. The van der Waals surface area contributed by atoms with Crippen molar-refractivity contribution in [1.29, 1.82) is 0 Å². The predicted octanol–water partition coefficient (Wildman–Crippen LogP) is 3.90. The summed E-state index contributed by atoms with van der Waals surface area (Å²) in [7, 11) is 1.98. The molecule has 1 atom stereocenters. The van der Waals surface area contributed by atoms with Gasteiger partial charge in [-0.1, -0.05) is 30.3 Å². The molecule has 3 nitrogen and oxygen atoms in total. The average molecular weight is 297 g/mol. The normalized spacial score (nSPS) is 12.1. The minimum absolute atomic E-state index is 0.318. The Morgan fingerprint density at radius 3 is 2.36 bits per heavy atom. The van der Waals surface area contributed by atoms with Gasteiger partial charge in [0.05, 0.1) is 5.56 Å². The van der Waals surface area contributed by atoms with Crippen molar-refractivity contribution in [2.24, 2.45) is 0 Å². The average Bonchev–Trinajstić information content (AvgIpc) is 2.53. The van der Waals surface area contributed by atoms with Gasteiger partial charge in [0.2, 0.25) is 0 Å². The molecule has 2 aromatic rings. The third-order valence-corrected chi connectivity index (χ3v) is 4.15. The lowest BCUT2D eigenvalue weighted by Gasteiger charge is -2.13. The van der Waals surface area contributed by atoms with Crippen LogP contribution in [0.1, 0.15) is 34.8 Å². The van der Waals surface area contributed by atoms with Crippen molar-refractivity contribution in [2.75, 3.05) is 7.05 Å². The highest BCUT2D eigenvalue weighted by molar-refractivity contribution is 5.88. The predicted molar refractivity (Wildman–Crippen MR) is 90.4 cm³/mol. The van der Waals surface area contributed by atoms with E-state index >= 15 is 0 Å². The van der Waals surface area contributed by atoms with E-state index in [9.17, 15) is 4.79 Å². The smallest absolute Gasteiger partial charge is 0.335 e. The molecule has 0 aliphatic rings. The molecule has 0 radical (unpaired) electrons. The molecule has 0 spiro atoms. The molecular weight excluding hydrogens is 274 g/mol. The summed E-state index contributed by atoms with van der Waals surface area (Å²) >= 11 is 0. The Hall–Kier alpha value is -2.13. The number of aromatic carboxylic acids is 1. The quantitative estimate of drug-likeness (QED) is 0.850. The van der Waals surface area contributed by atoms with Gasteiger partial charge in [0.1, 0.15) is 0 Å². The van der Waals surface area contributed by atoms with E-state index in [1.54, 1.807) is 12.1 Å². The summed E-state index contributed by atoms with van der Waals surface area (Å²) in [6.45, 7) is 4.32. The summed E-state index contributed by atoms with van der Waals surface area (Å²) in [4.78, 5) is 10.9. The second kappa shape index (κ2) is 7.23. The van der Waals surface area contributed by atoms with Crippen LogP contribution in [-0.2, 0) is 6.42 Å². The fourth-order valence-corrected chi connectivity index (χ4v) is 2.44. The van der Waals surface area contributed by atoms with E-state index in [1.165, 1.54) is 11.1 Å². The molecule has 2 rings (SSSR count). The molecule has 2 N–H and O–H groups in total. The Labute approximate surface area is 132 Å². The van der Waals surface area contributed by atoms with E-state index in [2.05, 4.69) is 37.4 Å². The molecule has 0 bridgehead atoms. The fourth-order valence-electron chi connectivity index (χ4n) is 2.44. The first-order chi connectivity index (χ1) is 10.5. The van der Waals surface area contributed by atoms with Gasteiger partial charge in [0, 0.05) is 6.04 Å². The van der Waals surface area contributed by atoms with Gasteiger partial charge in [-0.2, -0.15) is 0 Å². The number of carboxylic acids is 1. The summed E-state index contributed by atoms with van der Waals surface area (Å²) in [5.74, 6) is -0.891. The van der Waals surface area contributed by atoms with Crippen LogP contribution in [0, 0.1) is 6.92 Å². The van der Waals surface area contributed by atoms with Crippen LogP contribution >= 0.6 is 0 Å². The molecule has 2 aromatic carbocycles. The zero-order chi connectivity index (χ0) is 16.1. The molecule has 0 unspecified atom stereocenters. The van der Waals surface area contributed by atoms with Gasteiger partial charge in [-0.3, -0.25) is 0 Å².